The van der Waals surface area contributed by atoms with E-state index in [2.05, 4.69) is 27.2 Å². The number of fused-ring (bicyclic) bond motifs is 1. The molecule has 34 heavy (non-hydrogen) atoms. The number of aromatic nitrogens is 3. The fourth-order valence-corrected chi connectivity index (χ4v) is 4.29. The van der Waals surface area contributed by atoms with Crippen LogP contribution >= 0.6 is 0 Å². The minimum Gasteiger partial charge on any atom is -0.392 e. The van der Waals surface area contributed by atoms with E-state index >= 15 is 0 Å². The molecule has 0 bridgehead atoms. The number of aliphatic hydroxyl groups excluding tert-OH is 1. The van der Waals surface area contributed by atoms with Gasteiger partial charge in [-0.25, -0.2) is 9.97 Å². The van der Waals surface area contributed by atoms with E-state index in [9.17, 15) is 9.90 Å². The van der Waals surface area contributed by atoms with Crippen molar-refractivity contribution in [3.05, 3.63) is 71.0 Å². The number of nitrogens with one attached hydrogen (secondary N) is 2. The lowest BCUT2D eigenvalue weighted by atomic mass is 9.92. The molecule has 0 unspecified atom stereocenters. The first-order valence-electron chi connectivity index (χ1n) is 11.2. The van der Waals surface area contributed by atoms with Crippen LogP contribution in [0.25, 0.3) is 22.3 Å². The highest BCUT2D eigenvalue weighted by atomic mass is 16.5. The Bertz CT molecular complexity index is 1360. The van der Waals surface area contributed by atoms with Crippen molar-refractivity contribution >= 4 is 28.4 Å². The Labute approximate surface area is 197 Å². The monoisotopic (exact) mass is 457 g/mol. The number of carbonyl (C=O) groups excluding carboxylic acids is 1. The normalized spacial score (nSPS) is 14.3. The summed E-state index contributed by atoms with van der Waals surface area (Å²) in [6.45, 7) is 2.70. The third-order valence-electron chi connectivity index (χ3n) is 6.44. The molecule has 174 valence electrons. The van der Waals surface area contributed by atoms with Crippen molar-refractivity contribution in [3.63, 3.8) is 0 Å². The Balaban J connectivity index is 1.52. The van der Waals surface area contributed by atoms with Gasteiger partial charge in [-0.3, -0.25) is 4.79 Å². The van der Waals surface area contributed by atoms with Crippen molar-refractivity contribution in [2.75, 3.05) is 18.2 Å². The van der Waals surface area contributed by atoms with Gasteiger partial charge < -0.3 is 25.9 Å². The van der Waals surface area contributed by atoms with E-state index in [4.69, 9.17) is 10.5 Å². The number of hydrogen-bond acceptors (Lipinski definition) is 6. The molecule has 0 aliphatic heterocycles. The second kappa shape index (κ2) is 8.55. The van der Waals surface area contributed by atoms with Crippen LogP contribution in [0.3, 0.4) is 0 Å². The third kappa shape index (κ3) is 4.02. The van der Waals surface area contributed by atoms with Gasteiger partial charge in [-0.1, -0.05) is 43.3 Å². The molecular weight excluding hydrogens is 430 g/mol. The molecule has 1 saturated carbocycles. The Kier molecular flexibility index (Phi) is 5.55. The number of carbonyl (C=O) groups is 1. The lowest BCUT2D eigenvalue weighted by molar-refractivity contribution is 0.101. The van der Waals surface area contributed by atoms with E-state index in [1.54, 1.807) is 7.11 Å². The second-order valence-corrected chi connectivity index (χ2v) is 9.03. The number of anilines is 2. The number of aromatic amines is 1. The number of nitrogens with two attached hydrogens (primary N) is 1. The highest BCUT2D eigenvalue weighted by Crippen LogP contribution is 2.53. The number of nitrogens with zero attached hydrogens (tertiary/aromatic N) is 2. The van der Waals surface area contributed by atoms with Gasteiger partial charge in [0.2, 0.25) is 5.82 Å². The molecule has 8 heteroatoms. The molecule has 1 amide bonds. The Morgan fingerprint density at radius 3 is 2.41 bits per heavy atom. The lowest BCUT2D eigenvalue weighted by Crippen LogP contribution is -2.17. The van der Waals surface area contributed by atoms with Crippen molar-refractivity contribution in [3.8, 4) is 11.3 Å². The van der Waals surface area contributed by atoms with Gasteiger partial charge in [-0.15, -0.1) is 0 Å². The van der Waals surface area contributed by atoms with Crippen LogP contribution in [0.1, 0.15) is 47.1 Å². The van der Waals surface area contributed by atoms with Crippen LogP contribution in [0.4, 0.5) is 11.5 Å². The van der Waals surface area contributed by atoms with Crippen LogP contribution in [0.5, 0.6) is 0 Å². The average Bonchev–Trinajstić information content (AvgIpc) is 3.45. The Morgan fingerprint density at radius 2 is 1.79 bits per heavy atom. The fourth-order valence-electron chi connectivity index (χ4n) is 4.29. The molecule has 0 saturated heterocycles. The first kappa shape index (κ1) is 22.1. The van der Waals surface area contributed by atoms with E-state index in [0.29, 0.717) is 17.9 Å². The Morgan fingerprint density at radius 1 is 1.12 bits per heavy atom. The number of nitrogen functional groups attached to an aromatic ring is 1. The molecule has 1 aliphatic rings. The summed E-state index contributed by atoms with van der Waals surface area (Å²) in [4.78, 5) is 25.2. The number of amides is 1. The summed E-state index contributed by atoms with van der Waals surface area (Å²) in [5.41, 5.74) is 12.4. The SMILES string of the molecule is COCc1ccc(NC(=O)c2nc(N)c3c(C4(C)CC4)c(-c4ccc(CO)cc4)[nH]c3n2)cc1. The quantitative estimate of drug-likeness (QED) is 0.330. The summed E-state index contributed by atoms with van der Waals surface area (Å²) in [5.74, 6) is -0.152. The molecule has 1 fully saturated rings. The highest BCUT2D eigenvalue weighted by molar-refractivity contribution is 6.05. The average molecular weight is 458 g/mol. The van der Waals surface area contributed by atoms with Gasteiger partial charge in [-0.2, -0.15) is 0 Å². The first-order valence-corrected chi connectivity index (χ1v) is 11.2. The van der Waals surface area contributed by atoms with Crippen LogP contribution in [0.15, 0.2) is 48.5 Å². The van der Waals surface area contributed by atoms with E-state index in [1.807, 2.05) is 48.5 Å². The van der Waals surface area contributed by atoms with Crippen LogP contribution in [-0.4, -0.2) is 33.1 Å². The van der Waals surface area contributed by atoms with E-state index in [1.165, 1.54) is 0 Å². The van der Waals surface area contributed by atoms with Gasteiger partial charge in [-0.05, 0) is 52.6 Å². The van der Waals surface area contributed by atoms with Gasteiger partial charge in [0.15, 0.2) is 0 Å². The number of methoxy groups -OCH3 is 1. The maximum atomic E-state index is 12.9. The van der Waals surface area contributed by atoms with Gasteiger partial charge >= 0.3 is 0 Å². The molecule has 0 atom stereocenters. The lowest BCUT2D eigenvalue weighted by Gasteiger charge is -2.12. The molecule has 8 nitrogen and oxygen atoms in total. The summed E-state index contributed by atoms with van der Waals surface area (Å²) in [6, 6.07) is 15.1. The number of hydrogen-bond donors (Lipinski definition) is 4. The van der Waals surface area contributed by atoms with Crippen LogP contribution in [-0.2, 0) is 23.4 Å². The summed E-state index contributed by atoms with van der Waals surface area (Å²) in [7, 11) is 1.64. The van der Waals surface area contributed by atoms with Gasteiger partial charge in [0.05, 0.1) is 24.3 Å². The zero-order valence-corrected chi connectivity index (χ0v) is 19.2. The standard InChI is InChI=1S/C26H27N5O3/c1-26(11-12-26)20-19-22(27)30-24(25(33)28-18-9-5-16(6-10-18)14-34-2)31-23(19)29-21(20)17-7-3-15(13-32)4-8-17/h3-10,32H,11-14H2,1-2H3,(H,28,33)(H3,27,29,30,31). The molecule has 5 N–H and O–H groups in total. The van der Waals surface area contributed by atoms with Crippen molar-refractivity contribution in [1.29, 1.82) is 0 Å². The predicted molar refractivity (Wildman–Crippen MR) is 131 cm³/mol. The van der Waals surface area contributed by atoms with Gasteiger partial charge in [0.1, 0.15) is 11.5 Å². The molecule has 2 aromatic heterocycles. The largest absolute Gasteiger partial charge is 0.392 e. The summed E-state index contributed by atoms with van der Waals surface area (Å²) in [5, 5.41) is 13.0. The fraction of sp³-hybridized carbons (Fsp3) is 0.269. The summed E-state index contributed by atoms with van der Waals surface area (Å²) in [6.07, 6.45) is 2.09. The highest BCUT2D eigenvalue weighted by Gasteiger charge is 2.44. The topological polar surface area (TPSA) is 126 Å². The molecular formula is C26H27N5O3. The van der Waals surface area contributed by atoms with Gasteiger partial charge in [0, 0.05) is 12.8 Å². The third-order valence-corrected chi connectivity index (χ3v) is 6.44. The molecule has 5 rings (SSSR count). The number of H-pyrrole nitrogens is 1. The number of ether oxygens (including phenoxy) is 1. The maximum Gasteiger partial charge on any atom is 0.293 e. The zero-order chi connectivity index (χ0) is 23.9. The minimum atomic E-state index is -0.435. The molecule has 2 aromatic carbocycles. The minimum absolute atomic E-state index is 0.00176. The molecule has 2 heterocycles. The van der Waals surface area contributed by atoms with Crippen molar-refractivity contribution in [2.24, 2.45) is 0 Å². The molecule has 1 aliphatic carbocycles. The number of benzene rings is 2. The van der Waals surface area contributed by atoms with Crippen molar-refractivity contribution < 1.29 is 14.6 Å². The van der Waals surface area contributed by atoms with Gasteiger partial charge in [0.25, 0.3) is 5.91 Å². The van der Waals surface area contributed by atoms with E-state index < -0.39 is 5.91 Å². The summed E-state index contributed by atoms with van der Waals surface area (Å²) < 4.78 is 5.12. The summed E-state index contributed by atoms with van der Waals surface area (Å²) >= 11 is 0. The number of rotatable bonds is 7. The van der Waals surface area contributed by atoms with E-state index in [0.717, 1.165) is 46.2 Å². The van der Waals surface area contributed by atoms with Crippen LogP contribution < -0.4 is 11.1 Å². The van der Waals surface area contributed by atoms with Crippen LogP contribution in [0.2, 0.25) is 0 Å². The van der Waals surface area contributed by atoms with Crippen molar-refractivity contribution in [2.45, 2.75) is 38.4 Å². The second-order valence-electron chi connectivity index (χ2n) is 9.03. The predicted octanol–water partition coefficient (Wildman–Crippen LogP) is 4.15. The number of aliphatic hydroxyl groups is 1. The molecule has 0 spiro atoms. The maximum absolute atomic E-state index is 12.9. The smallest absolute Gasteiger partial charge is 0.293 e. The van der Waals surface area contributed by atoms with Crippen molar-refractivity contribution in [1.82, 2.24) is 15.0 Å². The first-order chi connectivity index (χ1) is 16.4. The zero-order valence-electron chi connectivity index (χ0n) is 19.2. The Hall–Kier alpha value is -3.75. The molecule has 4 aromatic rings. The van der Waals surface area contributed by atoms with E-state index in [-0.39, 0.29) is 23.7 Å². The molecule has 0 radical (unpaired) electrons. The van der Waals surface area contributed by atoms with Crippen LogP contribution in [0, 0.1) is 0 Å².